The Kier molecular flexibility index (Phi) is 6.32. The first-order valence-corrected chi connectivity index (χ1v) is 17.2. The van der Waals surface area contributed by atoms with Gasteiger partial charge in [0.05, 0.1) is 21.6 Å². The minimum Gasteiger partial charge on any atom is -0.453 e. The fourth-order valence-corrected chi connectivity index (χ4v) is 8.20. The predicted molar refractivity (Wildman–Crippen MR) is 205 cm³/mol. The Labute approximate surface area is 286 Å². The van der Waals surface area contributed by atoms with E-state index in [9.17, 15) is 0 Å². The molecule has 230 valence electrons. The zero-order chi connectivity index (χ0) is 32.3. The van der Waals surface area contributed by atoms with E-state index in [-0.39, 0.29) is 0 Å². The highest BCUT2D eigenvalue weighted by Gasteiger charge is 2.23. The average molecular weight is 646 g/mol. The summed E-state index contributed by atoms with van der Waals surface area (Å²) in [6.45, 7) is 0. The maximum Gasteiger partial charge on any atom is 0.161 e. The summed E-state index contributed by atoms with van der Waals surface area (Å²) in [6, 6.07) is 57.0. The molecule has 0 aliphatic rings. The third kappa shape index (κ3) is 4.44. The predicted octanol–water partition coefficient (Wildman–Crippen LogP) is 12.7. The number of thiophene rings is 1. The van der Waals surface area contributed by atoms with E-state index in [1.54, 1.807) is 11.3 Å². The summed E-state index contributed by atoms with van der Waals surface area (Å²) in [7, 11) is 0. The standard InChI is InChI=1S/C44H27N3OS/c1-4-15-28(16-5-1)39-43-40(34-23-12-13-26-38(34)49-43)46-44(45-39)36-27-35-33-24-14-25-37(42(33)48-41(35)32-22-11-10-21-31(32)36)47(29-17-6-2-7-18-29)30-19-8-3-9-20-30/h1-27H. The Hall–Kier alpha value is -6.30. The van der Waals surface area contributed by atoms with Crippen molar-refractivity contribution in [1.82, 2.24) is 9.97 Å². The maximum atomic E-state index is 6.94. The topological polar surface area (TPSA) is 42.2 Å². The first-order valence-electron chi connectivity index (χ1n) is 16.3. The molecule has 0 fully saturated rings. The molecule has 0 aliphatic heterocycles. The quantitative estimate of drug-likeness (QED) is 0.187. The SMILES string of the molecule is c1ccc(-c2nc(-c3cc4c5cccc(N(c6ccccc6)c6ccccc6)c5oc4c4ccccc34)nc3c2sc2ccccc23)cc1. The molecule has 0 spiro atoms. The molecule has 4 nitrogen and oxygen atoms in total. The molecule has 0 aliphatic carbocycles. The number of para-hydroxylation sites is 3. The number of benzene rings is 7. The Balaban J connectivity index is 1.27. The number of furan rings is 1. The number of aromatic nitrogens is 2. The van der Waals surface area contributed by atoms with Gasteiger partial charge in [-0.25, -0.2) is 9.97 Å². The summed E-state index contributed by atoms with van der Waals surface area (Å²) in [5.74, 6) is 0.703. The van der Waals surface area contributed by atoms with Crippen LogP contribution in [-0.2, 0) is 0 Å². The van der Waals surface area contributed by atoms with Crippen molar-refractivity contribution in [3.05, 3.63) is 164 Å². The van der Waals surface area contributed by atoms with Crippen LogP contribution in [0, 0.1) is 0 Å². The number of nitrogens with zero attached hydrogens (tertiary/aromatic N) is 3. The normalized spacial score (nSPS) is 11.7. The first kappa shape index (κ1) is 27.8. The molecule has 0 saturated carbocycles. The van der Waals surface area contributed by atoms with Gasteiger partial charge in [-0.15, -0.1) is 11.3 Å². The lowest BCUT2D eigenvalue weighted by Crippen LogP contribution is -2.09. The van der Waals surface area contributed by atoms with Crippen LogP contribution in [0.2, 0.25) is 0 Å². The van der Waals surface area contributed by atoms with Gasteiger partial charge >= 0.3 is 0 Å². The molecule has 10 aromatic rings. The Morgan fingerprint density at radius 1 is 0.490 bits per heavy atom. The molecule has 0 radical (unpaired) electrons. The molecule has 5 heteroatoms. The van der Waals surface area contributed by atoms with Gasteiger partial charge in [-0.1, -0.05) is 121 Å². The molecule has 0 bridgehead atoms. The van der Waals surface area contributed by atoms with Crippen molar-refractivity contribution in [2.45, 2.75) is 0 Å². The molecule has 0 amide bonds. The summed E-state index contributed by atoms with van der Waals surface area (Å²) in [6.07, 6.45) is 0. The fraction of sp³-hybridized carbons (Fsp3) is 0. The smallest absolute Gasteiger partial charge is 0.161 e. The second-order valence-corrected chi connectivity index (χ2v) is 13.2. The molecular formula is C44H27N3OS. The molecule has 0 saturated heterocycles. The second kappa shape index (κ2) is 11.2. The van der Waals surface area contributed by atoms with Crippen LogP contribution in [0.15, 0.2) is 168 Å². The van der Waals surface area contributed by atoms with E-state index in [2.05, 4.69) is 150 Å². The van der Waals surface area contributed by atoms with Gasteiger partial charge in [0.1, 0.15) is 5.58 Å². The highest BCUT2D eigenvalue weighted by Crippen LogP contribution is 2.46. The molecule has 0 atom stereocenters. The number of anilines is 3. The van der Waals surface area contributed by atoms with Crippen molar-refractivity contribution in [3.63, 3.8) is 0 Å². The van der Waals surface area contributed by atoms with E-state index in [1.807, 2.05) is 18.2 Å². The summed E-state index contributed by atoms with van der Waals surface area (Å²) in [5.41, 5.74) is 8.77. The minimum atomic E-state index is 0.703. The zero-order valence-electron chi connectivity index (χ0n) is 26.2. The van der Waals surface area contributed by atoms with Gasteiger partial charge in [0, 0.05) is 48.7 Å². The van der Waals surface area contributed by atoms with Gasteiger partial charge in [0.2, 0.25) is 0 Å². The number of rotatable bonds is 5. The third-order valence-corrected chi connectivity index (χ3v) is 10.4. The molecule has 7 aromatic carbocycles. The minimum absolute atomic E-state index is 0.703. The van der Waals surface area contributed by atoms with Crippen LogP contribution in [0.4, 0.5) is 17.1 Å². The highest BCUT2D eigenvalue weighted by atomic mass is 32.1. The van der Waals surface area contributed by atoms with E-state index in [1.165, 1.54) is 4.70 Å². The fourth-order valence-electron chi connectivity index (χ4n) is 7.05. The number of fused-ring (bicyclic) bond motifs is 8. The lowest BCUT2D eigenvalue weighted by atomic mass is 9.99. The van der Waals surface area contributed by atoms with Crippen molar-refractivity contribution in [3.8, 4) is 22.6 Å². The average Bonchev–Trinajstić information content (AvgIpc) is 3.75. The molecule has 0 N–H and O–H groups in total. The Bertz CT molecular complexity index is 2790. The van der Waals surface area contributed by atoms with E-state index in [0.717, 1.165) is 82.2 Å². The van der Waals surface area contributed by atoms with Crippen molar-refractivity contribution in [2.24, 2.45) is 0 Å². The van der Waals surface area contributed by atoms with Crippen LogP contribution in [0.3, 0.4) is 0 Å². The Morgan fingerprint density at radius 3 is 1.82 bits per heavy atom. The van der Waals surface area contributed by atoms with Crippen LogP contribution in [0.1, 0.15) is 0 Å². The van der Waals surface area contributed by atoms with Crippen molar-refractivity contribution >= 4 is 81.4 Å². The lowest BCUT2D eigenvalue weighted by Gasteiger charge is -2.25. The summed E-state index contributed by atoms with van der Waals surface area (Å²) in [5, 5.41) is 5.31. The molecular weight excluding hydrogens is 619 g/mol. The van der Waals surface area contributed by atoms with Gasteiger partial charge in [0.25, 0.3) is 0 Å². The summed E-state index contributed by atoms with van der Waals surface area (Å²) in [4.78, 5) is 12.9. The van der Waals surface area contributed by atoms with Gasteiger partial charge in [-0.05, 0) is 47.9 Å². The van der Waals surface area contributed by atoms with Gasteiger partial charge in [0.15, 0.2) is 11.4 Å². The van der Waals surface area contributed by atoms with E-state index in [0.29, 0.717) is 5.82 Å². The molecule has 3 aromatic heterocycles. The maximum absolute atomic E-state index is 6.94. The largest absolute Gasteiger partial charge is 0.453 e. The zero-order valence-corrected chi connectivity index (χ0v) is 27.1. The van der Waals surface area contributed by atoms with E-state index >= 15 is 0 Å². The van der Waals surface area contributed by atoms with Crippen molar-refractivity contribution in [1.29, 1.82) is 0 Å². The van der Waals surface area contributed by atoms with Crippen molar-refractivity contribution < 1.29 is 4.42 Å². The van der Waals surface area contributed by atoms with Gasteiger partial charge < -0.3 is 9.32 Å². The number of hydrogen-bond donors (Lipinski definition) is 0. The second-order valence-electron chi connectivity index (χ2n) is 12.1. The highest BCUT2D eigenvalue weighted by molar-refractivity contribution is 7.26. The summed E-state index contributed by atoms with van der Waals surface area (Å²) < 4.78 is 9.24. The molecule has 10 rings (SSSR count). The molecule has 49 heavy (non-hydrogen) atoms. The van der Waals surface area contributed by atoms with Crippen LogP contribution in [-0.4, -0.2) is 9.97 Å². The lowest BCUT2D eigenvalue weighted by molar-refractivity contribution is 0.673. The summed E-state index contributed by atoms with van der Waals surface area (Å²) >= 11 is 1.75. The van der Waals surface area contributed by atoms with Crippen LogP contribution < -0.4 is 4.90 Å². The van der Waals surface area contributed by atoms with Gasteiger partial charge in [-0.3, -0.25) is 0 Å². The third-order valence-electron chi connectivity index (χ3n) is 9.26. The van der Waals surface area contributed by atoms with Crippen LogP contribution >= 0.6 is 11.3 Å². The number of hydrogen-bond acceptors (Lipinski definition) is 5. The monoisotopic (exact) mass is 645 g/mol. The van der Waals surface area contributed by atoms with Crippen LogP contribution in [0.5, 0.6) is 0 Å². The molecule has 3 heterocycles. The van der Waals surface area contributed by atoms with E-state index in [4.69, 9.17) is 14.4 Å². The van der Waals surface area contributed by atoms with Crippen LogP contribution in [0.25, 0.3) is 75.7 Å². The first-order chi connectivity index (χ1) is 24.3. The van der Waals surface area contributed by atoms with E-state index < -0.39 is 0 Å². The van der Waals surface area contributed by atoms with Crippen molar-refractivity contribution in [2.75, 3.05) is 4.90 Å². The Morgan fingerprint density at radius 2 is 1.08 bits per heavy atom. The molecule has 0 unspecified atom stereocenters. The van der Waals surface area contributed by atoms with Gasteiger partial charge in [-0.2, -0.15) is 0 Å².